The number of methoxy groups -OCH3 is 1. The van der Waals surface area contributed by atoms with Crippen LogP contribution in [0.1, 0.15) is 41.3 Å². The van der Waals surface area contributed by atoms with Gasteiger partial charge in [0.25, 0.3) is 5.91 Å². The van der Waals surface area contributed by atoms with E-state index in [0.717, 1.165) is 35.5 Å². The molecule has 0 aromatic heterocycles. The lowest BCUT2D eigenvalue weighted by atomic mass is 10.1. The summed E-state index contributed by atoms with van der Waals surface area (Å²) in [4.78, 5) is 12.5. The second-order valence-corrected chi connectivity index (χ2v) is 6.30. The quantitative estimate of drug-likeness (QED) is 0.681. The van der Waals surface area contributed by atoms with Gasteiger partial charge in [0.2, 0.25) is 6.79 Å². The molecule has 0 spiro atoms. The summed E-state index contributed by atoms with van der Waals surface area (Å²) in [7, 11) is 1.62. The molecule has 0 saturated heterocycles. The van der Waals surface area contributed by atoms with Crippen LogP contribution >= 0.6 is 0 Å². The minimum Gasteiger partial charge on any atom is -0.496 e. The Morgan fingerprint density at radius 3 is 2.81 bits per heavy atom. The molecule has 1 amide bonds. The van der Waals surface area contributed by atoms with Gasteiger partial charge in [0.15, 0.2) is 11.5 Å². The average Bonchev–Trinajstić information content (AvgIpc) is 3.17. The highest BCUT2D eigenvalue weighted by Gasteiger charge is 2.14. The van der Waals surface area contributed by atoms with Crippen LogP contribution in [0, 0.1) is 0 Å². The van der Waals surface area contributed by atoms with Crippen molar-refractivity contribution in [3.63, 3.8) is 0 Å². The Balaban J connectivity index is 1.61. The summed E-state index contributed by atoms with van der Waals surface area (Å²) in [5.41, 5.74) is 2.39. The van der Waals surface area contributed by atoms with E-state index in [4.69, 9.17) is 18.9 Å². The molecule has 3 rings (SSSR count). The van der Waals surface area contributed by atoms with E-state index >= 15 is 0 Å². The van der Waals surface area contributed by atoms with Crippen LogP contribution in [0.15, 0.2) is 36.4 Å². The fourth-order valence-corrected chi connectivity index (χ4v) is 2.80. The molecule has 0 aliphatic carbocycles. The van der Waals surface area contributed by atoms with Gasteiger partial charge in [-0.15, -0.1) is 0 Å². The number of hydrogen-bond acceptors (Lipinski definition) is 5. The minimum atomic E-state index is -0.148. The lowest BCUT2D eigenvalue weighted by Crippen LogP contribution is -2.23. The topological polar surface area (TPSA) is 66.0 Å². The standard InChI is InChI=1S/C21H25NO5/c1-3-4-9-25-13-17-11-16(6-8-18(17)24-2)21(23)22-12-15-5-7-19-20(10-15)27-14-26-19/h5-8,10-11H,3-4,9,12-14H2,1-2H3,(H,22,23). The first-order valence-electron chi connectivity index (χ1n) is 9.12. The van der Waals surface area contributed by atoms with Crippen LogP contribution in [0.4, 0.5) is 0 Å². The van der Waals surface area contributed by atoms with Gasteiger partial charge in [-0.3, -0.25) is 4.79 Å². The molecule has 0 saturated carbocycles. The smallest absolute Gasteiger partial charge is 0.251 e. The highest BCUT2D eigenvalue weighted by Crippen LogP contribution is 2.32. The maximum absolute atomic E-state index is 12.5. The molecule has 0 radical (unpaired) electrons. The van der Waals surface area contributed by atoms with Crippen molar-refractivity contribution in [3.8, 4) is 17.2 Å². The van der Waals surface area contributed by atoms with E-state index in [9.17, 15) is 4.79 Å². The number of nitrogens with one attached hydrogen (secondary N) is 1. The molecule has 1 N–H and O–H groups in total. The molecule has 2 aromatic carbocycles. The highest BCUT2D eigenvalue weighted by atomic mass is 16.7. The molecule has 6 heteroatoms. The number of hydrogen-bond donors (Lipinski definition) is 1. The molecule has 1 aliphatic heterocycles. The number of rotatable bonds is 9. The second-order valence-electron chi connectivity index (χ2n) is 6.30. The van der Waals surface area contributed by atoms with Gasteiger partial charge in [0, 0.05) is 24.3 Å². The SMILES string of the molecule is CCCCOCc1cc(C(=O)NCc2ccc3c(c2)OCO3)ccc1OC. The summed E-state index contributed by atoms with van der Waals surface area (Å²) >= 11 is 0. The first-order chi connectivity index (χ1) is 13.2. The summed E-state index contributed by atoms with van der Waals surface area (Å²) in [6.45, 7) is 3.88. The van der Waals surface area contributed by atoms with E-state index in [2.05, 4.69) is 12.2 Å². The predicted octanol–water partition coefficient (Wildman–Crippen LogP) is 3.67. The molecule has 6 nitrogen and oxygen atoms in total. The van der Waals surface area contributed by atoms with Gasteiger partial charge in [-0.1, -0.05) is 19.4 Å². The van der Waals surface area contributed by atoms with E-state index in [1.165, 1.54) is 0 Å². The third-order valence-corrected chi connectivity index (χ3v) is 4.33. The fourth-order valence-electron chi connectivity index (χ4n) is 2.80. The first kappa shape index (κ1) is 19.0. The monoisotopic (exact) mass is 371 g/mol. The van der Waals surface area contributed by atoms with Gasteiger partial charge in [0.05, 0.1) is 13.7 Å². The summed E-state index contributed by atoms with van der Waals surface area (Å²) in [5.74, 6) is 2.01. The number of unbranched alkanes of at least 4 members (excludes halogenated alkanes) is 1. The Bertz CT molecular complexity index is 790. The van der Waals surface area contributed by atoms with Crippen molar-refractivity contribution >= 4 is 5.91 Å². The predicted molar refractivity (Wildman–Crippen MR) is 101 cm³/mol. The number of carbonyl (C=O) groups is 1. The first-order valence-corrected chi connectivity index (χ1v) is 9.12. The molecular weight excluding hydrogens is 346 g/mol. The van der Waals surface area contributed by atoms with Crippen molar-refractivity contribution in [1.82, 2.24) is 5.32 Å². The van der Waals surface area contributed by atoms with Gasteiger partial charge in [-0.25, -0.2) is 0 Å². The lowest BCUT2D eigenvalue weighted by molar-refractivity contribution is 0.0949. The van der Waals surface area contributed by atoms with Crippen LogP contribution in [0.3, 0.4) is 0 Å². The number of amides is 1. The van der Waals surface area contributed by atoms with Crippen LogP contribution in [-0.4, -0.2) is 26.4 Å². The zero-order valence-corrected chi connectivity index (χ0v) is 15.7. The van der Waals surface area contributed by atoms with Crippen molar-refractivity contribution in [3.05, 3.63) is 53.1 Å². The minimum absolute atomic E-state index is 0.148. The largest absolute Gasteiger partial charge is 0.496 e. The number of fused-ring (bicyclic) bond motifs is 1. The van der Waals surface area contributed by atoms with E-state index in [1.807, 2.05) is 24.3 Å². The van der Waals surface area contributed by atoms with Crippen LogP contribution < -0.4 is 19.5 Å². The summed E-state index contributed by atoms with van der Waals surface area (Å²) in [5, 5.41) is 2.93. The molecule has 1 heterocycles. The van der Waals surface area contributed by atoms with Crippen molar-refractivity contribution in [2.75, 3.05) is 20.5 Å². The van der Waals surface area contributed by atoms with Crippen molar-refractivity contribution < 1.29 is 23.7 Å². The van der Waals surface area contributed by atoms with Crippen LogP contribution in [0.5, 0.6) is 17.2 Å². The van der Waals surface area contributed by atoms with Crippen molar-refractivity contribution in [2.45, 2.75) is 32.9 Å². The van der Waals surface area contributed by atoms with Gasteiger partial charge in [-0.05, 0) is 42.3 Å². The van der Waals surface area contributed by atoms with Crippen LogP contribution in [0.25, 0.3) is 0 Å². The Morgan fingerprint density at radius 2 is 2.00 bits per heavy atom. The highest BCUT2D eigenvalue weighted by molar-refractivity contribution is 5.94. The molecule has 0 bridgehead atoms. The summed E-state index contributed by atoms with van der Waals surface area (Å²) < 4.78 is 21.7. The fraction of sp³-hybridized carbons (Fsp3) is 0.381. The van der Waals surface area contributed by atoms with E-state index in [0.29, 0.717) is 31.1 Å². The van der Waals surface area contributed by atoms with Gasteiger partial charge >= 0.3 is 0 Å². The Kier molecular flexibility index (Phi) is 6.54. The third kappa shape index (κ3) is 4.92. The zero-order valence-electron chi connectivity index (χ0n) is 15.7. The average molecular weight is 371 g/mol. The molecule has 2 aromatic rings. The molecule has 0 unspecified atom stereocenters. The molecular formula is C21H25NO5. The summed E-state index contributed by atoms with van der Waals surface area (Å²) in [6.07, 6.45) is 2.09. The van der Waals surface area contributed by atoms with Gasteiger partial charge < -0.3 is 24.3 Å². The number of benzene rings is 2. The maximum Gasteiger partial charge on any atom is 0.251 e. The van der Waals surface area contributed by atoms with E-state index < -0.39 is 0 Å². The maximum atomic E-state index is 12.5. The molecule has 1 aliphatic rings. The molecule has 0 atom stereocenters. The van der Waals surface area contributed by atoms with Gasteiger partial charge in [0.1, 0.15) is 5.75 Å². The van der Waals surface area contributed by atoms with Crippen molar-refractivity contribution in [1.29, 1.82) is 0 Å². The van der Waals surface area contributed by atoms with Crippen LogP contribution in [-0.2, 0) is 17.9 Å². The van der Waals surface area contributed by atoms with Gasteiger partial charge in [-0.2, -0.15) is 0 Å². The zero-order chi connectivity index (χ0) is 19.1. The van der Waals surface area contributed by atoms with Crippen molar-refractivity contribution in [2.24, 2.45) is 0 Å². The Labute approximate surface area is 159 Å². The molecule has 27 heavy (non-hydrogen) atoms. The van der Waals surface area contributed by atoms with E-state index in [1.54, 1.807) is 19.2 Å². The summed E-state index contributed by atoms with van der Waals surface area (Å²) in [6, 6.07) is 11.0. The molecule has 0 fully saturated rings. The van der Waals surface area contributed by atoms with E-state index in [-0.39, 0.29) is 12.7 Å². The normalized spacial score (nSPS) is 12.1. The third-order valence-electron chi connectivity index (χ3n) is 4.33. The second kappa shape index (κ2) is 9.28. The number of carbonyl (C=O) groups excluding carboxylic acids is 1. The molecule has 144 valence electrons. The lowest BCUT2D eigenvalue weighted by Gasteiger charge is -2.12. The van der Waals surface area contributed by atoms with Crippen LogP contribution in [0.2, 0.25) is 0 Å². The Morgan fingerprint density at radius 1 is 1.15 bits per heavy atom. The number of ether oxygens (including phenoxy) is 4. The Hall–Kier alpha value is -2.73.